The lowest BCUT2D eigenvalue weighted by molar-refractivity contribution is -0.134. The van der Waals surface area contributed by atoms with E-state index >= 15 is 0 Å². The van der Waals surface area contributed by atoms with Gasteiger partial charge in [-0.05, 0) is 20.9 Å². The van der Waals surface area contributed by atoms with E-state index in [0.717, 1.165) is 45.8 Å². The van der Waals surface area contributed by atoms with Crippen LogP contribution in [-0.2, 0) is 9.59 Å². The van der Waals surface area contributed by atoms with Gasteiger partial charge in [-0.2, -0.15) is 0 Å². The molecule has 1 aliphatic rings. The van der Waals surface area contributed by atoms with Gasteiger partial charge in [0.2, 0.25) is 11.8 Å². The molecule has 0 aromatic carbocycles. The number of carbonyl (C=O) groups excluding carboxylic acids is 2. The fraction of sp³-hybridized carbons (Fsp3) is 0.857. The van der Waals surface area contributed by atoms with E-state index in [1.54, 1.807) is 0 Å². The number of carbonyl (C=O) groups is 2. The van der Waals surface area contributed by atoms with Crippen LogP contribution in [0.25, 0.3) is 0 Å². The Kier molecular flexibility index (Phi) is 7.54. The number of hydrogen-bond acceptors (Lipinski definition) is 4. The molecule has 0 spiro atoms. The number of nitrogens with zero attached hydrogens (tertiary/aromatic N) is 3. The second-order valence-electron chi connectivity index (χ2n) is 5.08. The van der Waals surface area contributed by atoms with Crippen molar-refractivity contribution in [3.63, 3.8) is 0 Å². The molecule has 0 unspecified atom stereocenters. The topological polar surface area (TPSA) is 55.9 Å². The summed E-state index contributed by atoms with van der Waals surface area (Å²) in [7, 11) is 1.85. The van der Waals surface area contributed by atoms with Crippen LogP contribution in [0.2, 0.25) is 0 Å². The van der Waals surface area contributed by atoms with Crippen LogP contribution in [0.3, 0.4) is 0 Å². The van der Waals surface area contributed by atoms with E-state index in [9.17, 15) is 9.59 Å². The second kappa shape index (κ2) is 8.92. The quantitative estimate of drug-likeness (QED) is 0.692. The highest BCUT2D eigenvalue weighted by molar-refractivity contribution is 5.78. The summed E-state index contributed by atoms with van der Waals surface area (Å²) in [5.41, 5.74) is 0. The monoisotopic (exact) mass is 284 g/mol. The van der Waals surface area contributed by atoms with Gasteiger partial charge in [0.25, 0.3) is 0 Å². The molecule has 1 aliphatic heterocycles. The standard InChI is InChI=1S/C14H28N4O2/c1-4-17(5-2)14(20)12-16-8-10-18(11-9-16)13(19)6-7-15-3/h15H,4-12H2,1-3H3. The fourth-order valence-corrected chi connectivity index (χ4v) is 2.41. The van der Waals surface area contributed by atoms with Crippen molar-refractivity contribution in [2.45, 2.75) is 20.3 Å². The van der Waals surface area contributed by atoms with E-state index in [1.165, 1.54) is 0 Å². The highest BCUT2D eigenvalue weighted by Crippen LogP contribution is 2.04. The van der Waals surface area contributed by atoms with Gasteiger partial charge >= 0.3 is 0 Å². The zero-order valence-electron chi connectivity index (χ0n) is 13.0. The minimum atomic E-state index is 0.185. The molecular weight excluding hydrogens is 256 g/mol. The maximum atomic E-state index is 12.0. The van der Waals surface area contributed by atoms with E-state index in [0.29, 0.717) is 13.0 Å². The third-order valence-electron chi connectivity index (χ3n) is 3.79. The molecule has 0 aliphatic carbocycles. The molecule has 6 nitrogen and oxygen atoms in total. The molecule has 0 radical (unpaired) electrons. The highest BCUT2D eigenvalue weighted by atomic mass is 16.2. The average molecular weight is 284 g/mol. The SMILES string of the molecule is CCN(CC)C(=O)CN1CCN(C(=O)CCNC)CC1. The average Bonchev–Trinajstić information content (AvgIpc) is 2.46. The lowest BCUT2D eigenvalue weighted by Crippen LogP contribution is -2.51. The van der Waals surface area contributed by atoms with Crippen molar-refractivity contribution in [1.82, 2.24) is 20.0 Å². The Morgan fingerprint density at radius 1 is 1.10 bits per heavy atom. The van der Waals surface area contributed by atoms with Gasteiger partial charge in [0, 0.05) is 52.2 Å². The van der Waals surface area contributed by atoms with Crippen LogP contribution in [0.4, 0.5) is 0 Å². The summed E-state index contributed by atoms with van der Waals surface area (Å²) in [5, 5.41) is 2.99. The Morgan fingerprint density at radius 2 is 1.70 bits per heavy atom. The number of amides is 2. The summed E-state index contributed by atoms with van der Waals surface area (Å²) in [5.74, 6) is 0.388. The first-order chi connectivity index (χ1) is 9.62. The maximum absolute atomic E-state index is 12.0. The lowest BCUT2D eigenvalue weighted by Gasteiger charge is -2.35. The Bertz CT molecular complexity index is 310. The van der Waals surface area contributed by atoms with Gasteiger partial charge in [-0.3, -0.25) is 14.5 Å². The van der Waals surface area contributed by atoms with Crippen molar-refractivity contribution in [3.05, 3.63) is 0 Å². The van der Waals surface area contributed by atoms with Crippen molar-refractivity contribution in [3.8, 4) is 0 Å². The zero-order chi connectivity index (χ0) is 15.0. The van der Waals surface area contributed by atoms with Crippen molar-refractivity contribution >= 4 is 11.8 Å². The third kappa shape index (κ3) is 5.09. The van der Waals surface area contributed by atoms with Crippen LogP contribution in [0, 0.1) is 0 Å². The first-order valence-electron chi connectivity index (χ1n) is 7.54. The summed E-state index contributed by atoms with van der Waals surface area (Å²) in [6, 6.07) is 0. The second-order valence-corrected chi connectivity index (χ2v) is 5.08. The first-order valence-corrected chi connectivity index (χ1v) is 7.54. The van der Waals surface area contributed by atoms with E-state index in [2.05, 4.69) is 10.2 Å². The molecule has 1 saturated heterocycles. The molecule has 20 heavy (non-hydrogen) atoms. The maximum Gasteiger partial charge on any atom is 0.236 e. The van der Waals surface area contributed by atoms with E-state index < -0.39 is 0 Å². The van der Waals surface area contributed by atoms with Crippen LogP contribution < -0.4 is 5.32 Å². The molecule has 0 aromatic rings. The third-order valence-corrected chi connectivity index (χ3v) is 3.79. The van der Waals surface area contributed by atoms with Gasteiger partial charge in [-0.25, -0.2) is 0 Å². The van der Waals surface area contributed by atoms with Crippen LogP contribution in [0.15, 0.2) is 0 Å². The largest absolute Gasteiger partial charge is 0.342 e. The smallest absolute Gasteiger partial charge is 0.236 e. The zero-order valence-corrected chi connectivity index (χ0v) is 13.0. The molecule has 0 atom stereocenters. The van der Waals surface area contributed by atoms with Gasteiger partial charge < -0.3 is 15.1 Å². The van der Waals surface area contributed by atoms with Gasteiger partial charge in [-0.15, -0.1) is 0 Å². The number of likely N-dealkylation sites (N-methyl/N-ethyl adjacent to an activating group) is 1. The van der Waals surface area contributed by atoms with Gasteiger partial charge in [0.05, 0.1) is 6.54 Å². The van der Waals surface area contributed by atoms with Crippen LogP contribution in [0.1, 0.15) is 20.3 Å². The molecule has 1 fully saturated rings. The van der Waals surface area contributed by atoms with E-state index in [1.807, 2.05) is 30.7 Å². The Morgan fingerprint density at radius 3 is 2.20 bits per heavy atom. The molecule has 0 saturated carbocycles. The molecule has 0 aromatic heterocycles. The molecule has 1 heterocycles. The predicted octanol–water partition coefficient (Wildman–Crippen LogP) is -0.391. The van der Waals surface area contributed by atoms with Gasteiger partial charge in [0.15, 0.2) is 0 Å². The fourth-order valence-electron chi connectivity index (χ4n) is 2.41. The first kappa shape index (κ1) is 16.9. The van der Waals surface area contributed by atoms with E-state index in [4.69, 9.17) is 0 Å². The summed E-state index contributed by atoms with van der Waals surface area (Å²) in [6.07, 6.45) is 0.550. The Labute approximate surface area is 122 Å². The van der Waals surface area contributed by atoms with Crippen LogP contribution >= 0.6 is 0 Å². The number of hydrogen-bond donors (Lipinski definition) is 1. The number of rotatable bonds is 7. The molecule has 6 heteroatoms. The normalized spacial score (nSPS) is 16.2. The molecular formula is C14H28N4O2. The lowest BCUT2D eigenvalue weighted by atomic mass is 10.2. The summed E-state index contributed by atoms with van der Waals surface area (Å²) < 4.78 is 0. The highest BCUT2D eigenvalue weighted by Gasteiger charge is 2.23. The van der Waals surface area contributed by atoms with Gasteiger partial charge in [0.1, 0.15) is 0 Å². The number of nitrogens with one attached hydrogen (secondary N) is 1. The summed E-state index contributed by atoms with van der Waals surface area (Å²) >= 11 is 0. The molecule has 0 bridgehead atoms. The van der Waals surface area contributed by atoms with E-state index in [-0.39, 0.29) is 11.8 Å². The molecule has 116 valence electrons. The summed E-state index contributed by atoms with van der Waals surface area (Å²) in [6.45, 7) is 9.76. The minimum absolute atomic E-state index is 0.185. The van der Waals surface area contributed by atoms with Crippen molar-refractivity contribution in [1.29, 1.82) is 0 Å². The van der Waals surface area contributed by atoms with Crippen molar-refractivity contribution in [2.24, 2.45) is 0 Å². The summed E-state index contributed by atoms with van der Waals surface area (Å²) in [4.78, 5) is 29.8. The Balaban J connectivity index is 2.31. The molecule has 1 rings (SSSR count). The van der Waals surface area contributed by atoms with Crippen LogP contribution in [-0.4, -0.2) is 85.9 Å². The minimum Gasteiger partial charge on any atom is -0.342 e. The molecule has 1 N–H and O–H groups in total. The number of piperazine rings is 1. The Hall–Kier alpha value is -1.14. The van der Waals surface area contributed by atoms with Crippen molar-refractivity contribution in [2.75, 3.05) is 59.4 Å². The molecule has 2 amide bonds. The van der Waals surface area contributed by atoms with Crippen LogP contribution in [0.5, 0.6) is 0 Å². The predicted molar refractivity (Wildman–Crippen MR) is 79.5 cm³/mol. The van der Waals surface area contributed by atoms with Gasteiger partial charge in [-0.1, -0.05) is 0 Å². The van der Waals surface area contributed by atoms with Crippen molar-refractivity contribution < 1.29 is 9.59 Å².